The molecule has 0 atom stereocenters. The van der Waals surface area contributed by atoms with E-state index in [1.165, 1.54) is 0 Å². The molecule has 3 nitrogen and oxygen atoms in total. The number of anilines is 1. The first-order chi connectivity index (χ1) is 13.5. The van der Waals surface area contributed by atoms with Gasteiger partial charge in [0.15, 0.2) is 0 Å². The molecule has 1 N–H and O–H groups in total. The quantitative estimate of drug-likeness (QED) is 0.488. The highest BCUT2D eigenvalue weighted by Crippen LogP contribution is 2.25. The standard InChI is InChI=1S/C23H21Cl2NO2/c1-3-17-7-4-6-15(2)22(17)26-23(27)18-8-5-9-19(13-18)28-14-16-10-11-20(24)21(25)12-16/h4-13H,3,14H2,1-2H3,(H,26,27). The number of halogens is 2. The molecule has 0 bridgehead atoms. The average molecular weight is 414 g/mol. The number of carbonyl (C=O) groups is 1. The first-order valence-corrected chi connectivity index (χ1v) is 9.80. The SMILES string of the molecule is CCc1cccc(C)c1NC(=O)c1cccc(OCc2ccc(Cl)c(Cl)c2)c1. The van der Waals surface area contributed by atoms with Crippen molar-refractivity contribution < 1.29 is 9.53 Å². The Hall–Kier alpha value is -2.49. The van der Waals surface area contributed by atoms with Gasteiger partial charge in [-0.2, -0.15) is 0 Å². The second-order valence-electron chi connectivity index (χ2n) is 6.48. The Morgan fingerprint density at radius 1 is 1.00 bits per heavy atom. The Morgan fingerprint density at radius 2 is 1.79 bits per heavy atom. The molecule has 0 unspecified atom stereocenters. The Balaban J connectivity index is 1.72. The van der Waals surface area contributed by atoms with E-state index in [-0.39, 0.29) is 5.91 Å². The molecule has 0 aliphatic heterocycles. The lowest BCUT2D eigenvalue weighted by atomic mass is 10.1. The van der Waals surface area contributed by atoms with E-state index in [2.05, 4.69) is 12.2 Å². The summed E-state index contributed by atoms with van der Waals surface area (Å²) in [7, 11) is 0. The van der Waals surface area contributed by atoms with Gasteiger partial charge in [-0.05, 0) is 60.4 Å². The molecule has 3 aromatic rings. The van der Waals surface area contributed by atoms with Gasteiger partial charge >= 0.3 is 0 Å². The number of benzene rings is 3. The van der Waals surface area contributed by atoms with Crippen LogP contribution < -0.4 is 10.1 Å². The fourth-order valence-electron chi connectivity index (χ4n) is 2.91. The van der Waals surface area contributed by atoms with Gasteiger partial charge in [0.2, 0.25) is 0 Å². The van der Waals surface area contributed by atoms with Crippen molar-refractivity contribution >= 4 is 34.8 Å². The van der Waals surface area contributed by atoms with E-state index >= 15 is 0 Å². The van der Waals surface area contributed by atoms with Crippen molar-refractivity contribution in [2.45, 2.75) is 26.9 Å². The van der Waals surface area contributed by atoms with Crippen LogP contribution in [0.25, 0.3) is 0 Å². The van der Waals surface area contributed by atoms with Gasteiger partial charge < -0.3 is 10.1 Å². The maximum Gasteiger partial charge on any atom is 0.255 e. The summed E-state index contributed by atoms with van der Waals surface area (Å²) in [6, 6.07) is 18.5. The molecule has 0 aromatic heterocycles. The molecule has 28 heavy (non-hydrogen) atoms. The molecule has 3 aromatic carbocycles. The Labute approximate surface area is 175 Å². The lowest BCUT2D eigenvalue weighted by Gasteiger charge is -2.13. The van der Waals surface area contributed by atoms with E-state index < -0.39 is 0 Å². The molecule has 1 amide bonds. The number of amides is 1. The Bertz CT molecular complexity index is 1000. The second-order valence-corrected chi connectivity index (χ2v) is 7.30. The fourth-order valence-corrected chi connectivity index (χ4v) is 3.23. The van der Waals surface area contributed by atoms with E-state index in [1.54, 1.807) is 30.3 Å². The van der Waals surface area contributed by atoms with E-state index in [0.717, 1.165) is 28.8 Å². The van der Waals surface area contributed by atoms with Crippen LogP contribution in [0.3, 0.4) is 0 Å². The molecule has 0 radical (unpaired) electrons. The fraction of sp³-hybridized carbons (Fsp3) is 0.174. The van der Waals surface area contributed by atoms with Gasteiger partial charge in [0, 0.05) is 11.3 Å². The summed E-state index contributed by atoms with van der Waals surface area (Å²) < 4.78 is 5.81. The first-order valence-electron chi connectivity index (χ1n) is 9.04. The first kappa shape index (κ1) is 20.2. The van der Waals surface area contributed by atoms with Gasteiger partial charge in [-0.15, -0.1) is 0 Å². The molecule has 0 heterocycles. The summed E-state index contributed by atoms with van der Waals surface area (Å²) in [5.74, 6) is 0.447. The summed E-state index contributed by atoms with van der Waals surface area (Å²) in [6.07, 6.45) is 0.851. The van der Waals surface area contributed by atoms with Crippen LogP contribution in [0.1, 0.15) is 34.0 Å². The van der Waals surface area contributed by atoms with Gasteiger partial charge in [0.25, 0.3) is 5.91 Å². The summed E-state index contributed by atoms with van der Waals surface area (Å²) in [5, 5.41) is 4.03. The zero-order chi connectivity index (χ0) is 20.1. The molecule has 0 saturated carbocycles. The van der Waals surface area contributed by atoms with E-state index in [9.17, 15) is 4.79 Å². The van der Waals surface area contributed by atoms with Crippen molar-refractivity contribution in [3.63, 3.8) is 0 Å². The molecule has 5 heteroatoms. The largest absolute Gasteiger partial charge is 0.489 e. The average Bonchev–Trinajstić information content (AvgIpc) is 2.70. The maximum absolute atomic E-state index is 12.7. The van der Waals surface area contributed by atoms with Gasteiger partial charge in [-0.1, -0.05) is 60.5 Å². The molecule has 0 aliphatic rings. The van der Waals surface area contributed by atoms with Gasteiger partial charge in [0.05, 0.1) is 10.0 Å². The summed E-state index contributed by atoms with van der Waals surface area (Å²) >= 11 is 12.0. The maximum atomic E-state index is 12.7. The third-order valence-corrected chi connectivity index (χ3v) is 5.20. The van der Waals surface area contributed by atoms with Crippen LogP contribution >= 0.6 is 23.2 Å². The van der Waals surface area contributed by atoms with Crippen LogP contribution in [0.5, 0.6) is 5.75 Å². The highest BCUT2D eigenvalue weighted by molar-refractivity contribution is 6.42. The van der Waals surface area contributed by atoms with Gasteiger partial charge in [-0.3, -0.25) is 4.79 Å². The molecule has 0 fully saturated rings. The third kappa shape index (κ3) is 4.86. The van der Waals surface area contributed by atoms with Gasteiger partial charge in [0.1, 0.15) is 12.4 Å². The molecule has 144 valence electrons. The lowest BCUT2D eigenvalue weighted by Crippen LogP contribution is -2.14. The molecular weight excluding hydrogens is 393 g/mol. The third-order valence-electron chi connectivity index (χ3n) is 4.46. The Morgan fingerprint density at radius 3 is 2.54 bits per heavy atom. The number of ether oxygens (including phenoxy) is 1. The van der Waals surface area contributed by atoms with Crippen LogP contribution in [-0.2, 0) is 13.0 Å². The van der Waals surface area contributed by atoms with Crippen LogP contribution in [0.15, 0.2) is 60.7 Å². The van der Waals surface area contributed by atoms with Crippen molar-refractivity contribution in [3.05, 3.63) is 93.0 Å². The molecule has 3 rings (SSSR count). The number of para-hydroxylation sites is 1. The second kappa shape index (κ2) is 9.13. The van der Waals surface area contributed by atoms with Gasteiger partial charge in [-0.25, -0.2) is 0 Å². The Kier molecular flexibility index (Phi) is 6.61. The van der Waals surface area contributed by atoms with Crippen LogP contribution in [0.2, 0.25) is 10.0 Å². The lowest BCUT2D eigenvalue weighted by molar-refractivity contribution is 0.102. The van der Waals surface area contributed by atoms with E-state index in [1.807, 2.05) is 37.3 Å². The number of aryl methyl sites for hydroxylation is 2. The number of rotatable bonds is 6. The van der Waals surface area contributed by atoms with Crippen molar-refractivity contribution in [1.29, 1.82) is 0 Å². The molecule has 0 saturated heterocycles. The van der Waals surface area contributed by atoms with Crippen molar-refractivity contribution in [3.8, 4) is 5.75 Å². The number of carbonyl (C=O) groups excluding carboxylic acids is 1. The number of hydrogen-bond donors (Lipinski definition) is 1. The molecule has 0 spiro atoms. The highest BCUT2D eigenvalue weighted by atomic mass is 35.5. The van der Waals surface area contributed by atoms with Crippen molar-refractivity contribution in [1.82, 2.24) is 0 Å². The zero-order valence-corrected chi connectivity index (χ0v) is 17.3. The number of hydrogen-bond acceptors (Lipinski definition) is 2. The minimum absolute atomic E-state index is 0.163. The summed E-state index contributed by atoms with van der Waals surface area (Å²) in [5.41, 5.74) is 4.46. The summed E-state index contributed by atoms with van der Waals surface area (Å²) in [6.45, 7) is 4.40. The van der Waals surface area contributed by atoms with Crippen LogP contribution in [-0.4, -0.2) is 5.91 Å². The zero-order valence-electron chi connectivity index (χ0n) is 15.8. The normalized spacial score (nSPS) is 10.6. The summed E-state index contributed by atoms with van der Waals surface area (Å²) in [4.78, 5) is 12.7. The minimum atomic E-state index is -0.163. The minimum Gasteiger partial charge on any atom is -0.489 e. The van der Waals surface area contributed by atoms with Crippen molar-refractivity contribution in [2.24, 2.45) is 0 Å². The highest BCUT2D eigenvalue weighted by Gasteiger charge is 2.11. The van der Waals surface area contributed by atoms with E-state index in [0.29, 0.717) is 28.0 Å². The van der Waals surface area contributed by atoms with E-state index in [4.69, 9.17) is 27.9 Å². The topological polar surface area (TPSA) is 38.3 Å². The monoisotopic (exact) mass is 413 g/mol. The predicted octanol–water partition coefficient (Wildman–Crippen LogP) is 6.70. The molecule has 0 aliphatic carbocycles. The predicted molar refractivity (Wildman–Crippen MR) is 116 cm³/mol. The van der Waals surface area contributed by atoms with Crippen LogP contribution in [0.4, 0.5) is 5.69 Å². The van der Waals surface area contributed by atoms with Crippen LogP contribution in [0, 0.1) is 6.92 Å². The number of nitrogens with one attached hydrogen (secondary N) is 1. The molecular formula is C23H21Cl2NO2. The van der Waals surface area contributed by atoms with Crippen molar-refractivity contribution in [2.75, 3.05) is 5.32 Å². The smallest absolute Gasteiger partial charge is 0.255 e.